The predicted molar refractivity (Wildman–Crippen MR) is 120 cm³/mol. The van der Waals surface area contributed by atoms with Gasteiger partial charge in [-0.25, -0.2) is 13.5 Å². The number of nitrogens with zero attached hydrogens (tertiary/aromatic N) is 5. The van der Waals surface area contributed by atoms with Gasteiger partial charge < -0.3 is 4.90 Å². The number of benzene rings is 1. The normalized spacial score (nSPS) is 20.6. The summed E-state index contributed by atoms with van der Waals surface area (Å²) in [7, 11) is 0. The summed E-state index contributed by atoms with van der Waals surface area (Å²) < 4.78 is 32.4. The van der Waals surface area contributed by atoms with Crippen molar-refractivity contribution in [1.29, 1.82) is 0 Å². The maximum Gasteiger partial charge on any atom is 0.226 e. The highest BCUT2D eigenvalue weighted by molar-refractivity contribution is 7.71. The number of carbonyl (C=O) groups excluding carboxylic acids is 1. The fourth-order valence-corrected chi connectivity index (χ4v) is 5.22. The van der Waals surface area contributed by atoms with Crippen LogP contribution in [-0.2, 0) is 6.67 Å². The van der Waals surface area contributed by atoms with Gasteiger partial charge in [-0.3, -0.25) is 14.3 Å². The Balaban J connectivity index is 1.26. The van der Waals surface area contributed by atoms with Crippen molar-refractivity contribution in [2.75, 3.05) is 31.1 Å². The van der Waals surface area contributed by atoms with E-state index in [1.54, 1.807) is 0 Å². The molecule has 1 aromatic carbocycles. The van der Waals surface area contributed by atoms with E-state index in [2.05, 4.69) is 14.4 Å². The van der Waals surface area contributed by atoms with Gasteiger partial charge in [-0.1, -0.05) is 0 Å². The minimum Gasteiger partial charge on any atom is -0.341 e. The largest absolute Gasteiger partial charge is 0.341 e. The molecule has 32 heavy (non-hydrogen) atoms. The van der Waals surface area contributed by atoms with Crippen LogP contribution in [0.4, 0.5) is 14.7 Å². The lowest BCUT2D eigenvalue weighted by molar-refractivity contribution is 0.0799. The Morgan fingerprint density at radius 1 is 1.03 bits per heavy atom. The van der Waals surface area contributed by atoms with Crippen molar-refractivity contribution in [3.05, 3.63) is 40.2 Å². The molecule has 0 atom stereocenters. The molecule has 0 radical (unpaired) electrons. The molecule has 0 N–H and O–H groups in total. The van der Waals surface area contributed by atoms with Crippen molar-refractivity contribution >= 4 is 23.9 Å². The van der Waals surface area contributed by atoms with E-state index in [1.165, 1.54) is 19.3 Å². The monoisotopic (exact) mass is 461 g/mol. The van der Waals surface area contributed by atoms with Gasteiger partial charge in [-0.2, -0.15) is 0 Å². The number of carbonyl (C=O) groups is 1. The third kappa shape index (κ3) is 4.37. The molecule has 3 fully saturated rings. The van der Waals surface area contributed by atoms with E-state index >= 15 is 0 Å². The fraction of sp³-hybridized carbons (Fsp3) is 0.609. The summed E-state index contributed by atoms with van der Waals surface area (Å²) in [6.07, 6.45) is 7.20. The molecule has 2 saturated heterocycles. The average molecular weight is 462 g/mol. The number of ketones is 1. The highest BCUT2D eigenvalue weighted by Gasteiger charge is 2.32. The van der Waals surface area contributed by atoms with Crippen LogP contribution in [-0.4, -0.2) is 51.2 Å². The van der Waals surface area contributed by atoms with Gasteiger partial charge in [0.25, 0.3) is 0 Å². The molecule has 5 rings (SSSR count). The zero-order valence-corrected chi connectivity index (χ0v) is 19.0. The lowest BCUT2D eigenvalue weighted by atomic mass is 9.89. The number of rotatable bonds is 6. The molecular weight excluding hydrogens is 432 g/mol. The lowest BCUT2D eigenvalue weighted by Crippen LogP contribution is -2.38. The third-order valence-corrected chi connectivity index (χ3v) is 7.30. The van der Waals surface area contributed by atoms with Crippen LogP contribution in [0.2, 0.25) is 0 Å². The van der Waals surface area contributed by atoms with Crippen LogP contribution in [0.25, 0.3) is 0 Å². The van der Waals surface area contributed by atoms with E-state index in [-0.39, 0.29) is 17.3 Å². The number of aromatic nitrogens is 3. The molecule has 9 heteroatoms. The van der Waals surface area contributed by atoms with Crippen LogP contribution in [0.15, 0.2) is 18.2 Å². The molecule has 3 aliphatic rings. The summed E-state index contributed by atoms with van der Waals surface area (Å²) in [5, 5.41) is 4.91. The predicted octanol–water partition coefficient (Wildman–Crippen LogP) is 4.57. The standard InChI is InChI=1S/C23H29F2N5OS/c24-17-4-7-20(25)19(14-17)21(31)16-8-12-27(13-9-16)15-29-23(32)30(18-5-6-18)22(26-29)28-10-2-1-3-11-28/h4,7,14,16,18H,1-3,5-6,8-13,15H2. The SMILES string of the molecule is O=C(c1cc(F)ccc1F)C1CCN(Cn2nc(N3CCCCC3)n(C3CC3)c2=S)CC1. The van der Waals surface area contributed by atoms with Gasteiger partial charge in [0.05, 0.1) is 12.2 Å². The van der Waals surface area contributed by atoms with E-state index in [0.29, 0.717) is 38.6 Å². The van der Waals surface area contributed by atoms with Crippen molar-refractivity contribution in [3.8, 4) is 0 Å². The van der Waals surface area contributed by atoms with Crippen molar-refractivity contribution in [2.24, 2.45) is 5.92 Å². The average Bonchev–Trinajstić information content (AvgIpc) is 3.60. The highest BCUT2D eigenvalue weighted by atomic mass is 32.1. The number of hydrogen-bond donors (Lipinski definition) is 0. The highest BCUT2D eigenvalue weighted by Crippen LogP contribution is 2.39. The van der Waals surface area contributed by atoms with E-state index in [1.807, 2.05) is 4.68 Å². The molecule has 2 aliphatic heterocycles. The Kier molecular flexibility index (Phi) is 6.11. The van der Waals surface area contributed by atoms with Crippen molar-refractivity contribution in [3.63, 3.8) is 0 Å². The van der Waals surface area contributed by atoms with E-state index in [4.69, 9.17) is 17.3 Å². The Bertz CT molecular complexity index is 1050. The number of anilines is 1. The van der Waals surface area contributed by atoms with Crippen LogP contribution in [0.5, 0.6) is 0 Å². The third-order valence-electron chi connectivity index (χ3n) is 6.89. The van der Waals surface area contributed by atoms with Crippen LogP contribution in [0.1, 0.15) is 61.3 Å². The molecular formula is C23H29F2N5OS. The van der Waals surface area contributed by atoms with Crippen molar-refractivity contribution < 1.29 is 13.6 Å². The second-order valence-electron chi connectivity index (χ2n) is 9.25. The Morgan fingerprint density at radius 2 is 1.75 bits per heavy atom. The molecule has 0 unspecified atom stereocenters. The molecule has 1 saturated carbocycles. The molecule has 6 nitrogen and oxygen atoms in total. The van der Waals surface area contributed by atoms with E-state index in [0.717, 1.165) is 54.8 Å². The second kappa shape index (κ2) is 9.02. The number of hydrogen-bond acceptors (Lipinski definition) is 5. The second-order valence-corrected chi connectivity index (χ2v) is 9.62. The molecule has 1 aliphatic carbocycles. The smallest absolute Gasteiger partial charge is 0.226 e. The molecule has 2 aromatic rings. The summed E-state index contributed by atoms with van der Waals surface area (Å²) >= 11 is 5.80. The minimum atomic E-state index is -0.652. The van der Waals surface area contributed by atoms with Gasteiger partial charge in [0.2, 0.25) is 10.7 Å². The summed E-state index contributed by atoms with van der Waals surface area (Å²) in [4.78, 5) is 17.3. The molecule has 172 valence electrons. The van der Waals surface area contributed by atoms with Crippen LogP contribution < -0.4 is 4.90 Å². The van der Waals surface area contributed by atoms with Crippen molar-refractivity contribution in [1.82, 2.24) is 19.2 Å². The summed E-state index contributed by atoms with van der Waals surface area (Å²) in [6, 6.07) is 3.54. The van der Waals surface area contributed by atoms with Crippen LogP contribution >= 0.6 is 12.2 Å². The molecule has 1 aromatic heterocycles. The zero-order chi connectivity index (χ0) is 22.2. The lowest BCUT2D eigenvalue weighted by Gasteiger charge is -2.31. The first-order chi connectivity index (χ1) is 15.5. The maximum absolute atomic E-state index is 14.0. The topological polar surface area (TPSA) is 46.3 Å². The van der Waals surface area contributed by atoms with Gasteiger partial charge in [-0.05, 0) is 75.4 Å². The maximum atomic E-state index is 14.0. The van der Waals surface area contributed by atoms with Gasteiger partial charge >= 0.3 is 0 Å². The summed E-state index contributed by atoms with van der Waals surface area (Å²) in [6.45, 7) is 4.05. The van der Waals surface area contributed by atoms with E-state index < -0.39 is 11.6 Å². The Hall–Kier alpha value is -2.13. The molecule has 0 spiro atoms. The first-order valence-electron chi connectivity index (χ1n) is 11.7. The summed E-state index contributed by atoms with van der Waals surface area (Å²) in [5.41, 5.74) is -0.139. The first kappa shape index (κ1) is 21.7. The molecule has 3 heterocycles. The number of likely N-dealkylation sites (tertiary alicyclic amines) is 1. The van der Waals surface area contributed by atoms with Gasteiger partial charge in [-0.15, -0.1) is 5.10 Å². The fourth-order valence-electron chi connectivity index (χ4n) is 4.89. The summed E-state index contributed by atoms with van der Waals surface area (Å²) in [5.74, 6) is -0.825. The van der Waals surface area contributed by atoms with Gasteiger partial charge in [0.15, 0.2) is 5.78 Å². The van der Waals surface area contributed by atoms with Gasteiger partial charge in [0, 0.05) is 38.1 Å². The number of halogens is 2. The van der Waals surface area contributed by atoms with Crippen molar-refractivity contribution in [2.45, 2.75) is 57.7 Å². The molecule has 0 amide bonds. The quantitative estimate of drug-likeness (QED) is 0.466. The van der Waals surface area contributed by atoms with E-state index in [9.17, 15) is 13.6 Å². The Morgan fingerprint density at radius 3 is 2.44 bits per heavy atom. The van der Waals surface area contributed by atoms with Gasteiger partial charge in [0.1, 0.15) is 11.6 Å². The van der Waals surface area contributed by atoms with Crippen LogP contribution in [0.3, 0.4) is 0 Å². The number of piperidine rings is 2. The zero-order valence-electron chi connectivity index (χ0n) is 18.2. The minimum absolute atomic E-state index is 0.139. The molecule has 0 bridgehead atoms. The number of Topliss-reactive ketones (excluding diaryl/α,β-unsaturated/α-hetero) is 1. The first-order valence-corrected chi connectivity index (χ1v) is 12.1. The Labute approximate surface area is 191 Å². The van der Waals surface area contributed by atoms with Crippen LogP contribution in [0, 0.1) is 22.3 Å².